The van der Waals surface area contributed by atoms with Gasteiger partial charge in [0.2, 0.25) is 0 Å². The molecule has 0 bridgehead atoms. The number of aromatic nitrogens is 1. The Morgan fingerprint density at radius 2 is 2.22 bits per heavy atom. The molecule has 1 aromatic heterocycles. The second kappa shape index (κ2) is 6.70. The van der Waals surface area contributed by atoms with Crippen molar-refractivity contribution in [2.24, 2.45) is 0 Å². The zero-order chi connectivity index (χ0) is 13.5. The van der Waals surface area contributed by atoms with Gasteiger partial charge < -0.3 is 15.2 Å². The maximum atomic E-state index is 11.8. The predicted octanol–water partition coefficient (Wildman–Crippen LogP) is 0.935. The number of hydrogen-bond acceptors (Lipinski definition) is 4. The van der Waals surface area contributed by atoms with Crippen LogP contribution in [0.1, 0.15) is 34.2 Å². The standard InChI is InChI=1S/C12H16N2O4/c1-8(5-6-18-2)14-11(15)9-3-4-10(12(16)17)13-7-9/h3-4,7-8H,5-6H2,1-2H3,(H,14,15)(H,16,17). The Kier molecular flexibility index (Phi) is 5.26. The molecule has 1 aromatic rings. The number of pyridine rings is 1. The van der Waals surface area contributed by atoms with Crippen molar-refractivity contribution in [1.82, 2.24) is 10.3 Å². The third-order valence-electron chi connectivity index (χ3n) is 2.38. The van der Waals surface area contributed by atoms with Gasteiger partial charge in [0.15, 0.2) is 0 Å². The molecule has 1 heterocycles. The molecule has 0 aliphatic carbocycles. The van der Waals surface area contributed by atoms with E-state index in [1.807, 2.05) is 6.92 Å². The van der Waals surface area contributed by atoms with Crippen molar-refractivity contribution in [2.45, 2.75) is 19.4 Å². The van der Waals surface area contributed by atoms with Crippen LogP contribution in [-0.2, 0) is 4.74 Å². The summed E-state index contributed by atoms with van der Waals surface area (Å²) < 4.78 is 4.91. The van der Waals surface area contributed by atoms with Crippen LogP contribution in [0.2, 0.25) is 0 Å². The molecule has 0 radical (unpaired) electrons. The zero-order valence-corrected chi connectivity index (χ0v) is 10.3. The molecule has 1 rings (SSSR count). The Hall–Kier alpha value is -1.95. The SMILES string of the molecule is COCCC(C)NC(=O)c1ccc(C(=O)O)nc1. The molecule has 0 aliphatic rings. The maximum Gasteiger partial charge on any atom is 0.354 e. The number of hydrogen-bond donors (Lipinski definition) is 2. The second-order valence-corrected chi connectivity index (χ2v) is 3.89. The summed E-state index contributed by atoms with van der Waals surface area (Å²) in [5.74, 6) is -1.39. The molecule has 1 atom stereocenters. The van der Waals surface area contributed by atoms with E-state index in [4.69, 9.17) is 9.84 Å². The molecule has 6 nitrogen and oxygen atoms in total. The van der Waals surface area contributed by atoms with Crippen molar-refractivity contribution < 1.29 is 19.4 Å². The number of methoxy groups -OCH3 is 1. The van der Waals surface area contributed by atoms with Gasteiger partial charge in [0.25, 0.3) is 5.91 Å². The summed E-state index contributed by atoms with van der Waals surface area (Å²) in [7, 11) is 1.60. The average molecular weight is 252 g/mol. The molecule has 0 aromatic carbocycles. The van der Waals surface area contributed by atoms with Gasteiger partial charge in [-0.2, -0.15) is 0 Å². The van der Waals surface area contributed by atoms with E-state index < -0.39 is 5.97 Å². The van der Waals surface area contributed by atoms with E-state index in [0.29, 0.717) is 18.6 Å². The second-order valence-electron chi connectivity index (χ2n) is 3.89. The first-order valence-electron chi connectivity index (χ1n) is 5.53. The van der Waals surface area contributed by atoms with E-state index in [9.17, 15) is 9.59 Å². The van der Waals surface area contributed by atoms with Gasteiger partial charge in [-0.15, -0.1) is 0 Å². The first kappa shape index (κ1) is 14.1. The van der Waals surface area contributed by atoms with Crippen LogP contribution in [0.25, 0.3) is 0 Å². The monoisotopic (exact) mass is 252 g/mol. The fourth-order valence-electron chi connectivity index (χ4n) is 1.33. The molecule has 0 saturated carbocycles. The largest absolute Gasteiger partial charge is 0.477 e. The van der Waals surface area contributed by atoms with Crippen molar-refractivity contribution in [3.8, 4) is 0 Å². The molecular formula is C12H16N2O4. The van der Waals surface area contributed by atoms with Gasteiger partial charge in [0.05, 0.1) is 5.56 Å². The quantitative estimate of drug-likeness (QED) is 0.786. The molecule has 1 unspecified atom stereocenters. The highest BCUT2D eigenvalue weighted by atomic mass is 16.5. The van der Waals surface area contributed by atoms with Gasteiger partial charge in [-0.1, -0.05) is 0 Å². The number of nitrogens with one attached hydrogen (secondary N) is 1. The highest BCUT2D eigenvalue weighted by Gasteiger charge is 2.11. The van der Waals surface area contributed by atoms with Crippen LogP contribution in [0, 0.1) is 0 Å². The van der Waals surface area contributed by atoms with Crippen molar-refractivity contribution in [3.63, 3.8) is 0 Å². The minimum atomic E-state index is -1.12. The fourth-order valence-corrected chi connectivity index (χ4v) is 1.33. The fraction of sp³-hybridized carbons (Fsp3) is 0.417. The molecule has 2 N–H and O–H groups in total. The number of ether oxygens (including phenoxy) is 1. The van der Waals surface area contributed by atoms with E-state index in [1.54, 1.807) is 7.11 Å². The van der Waals surface area contributed by atoms with Crippen LogP contribution in [0.3, 0.4) is 0 Å². The van der Waals surface area contributed by atoms with Crippen LogP contribution in [0.15, 0.2) is 18.3 Å². The lowest BCUT2D eigenvalue weighted by molar-refractivity contribution is 0.0689. The summed E-state index contributed by atoms with van der Waals surface area (Å²) in [5.41, 5.74) is 0.253. The Balaban J connectivity index is 2.58. The van der Waals surface area contributed by atoms with Gasteiger partial charge in [-0.3, -0.25) is 4.79 Å². The summed E-state index contributed by atoms with van der Waals surface area (Å²) in [4.78, 5) is 26.0. The van der Waals surface area contributed by atoms with Crippen molar-refractivity contribution in [2.75, 3.05) is 13.7 Å². The van der Waals surface area contributed by atoms with Gasteiger partial charge in [-0.05, 0) is 25.5 Å². The summed E-state index contributed by atoms with van der Waals surface area (Å²) in [6.07, 6.45) is 1.96. The summed E-state index contributed by atoms with van der Waals surface area (Å²) >= 11 is 0. The Bertz CT molecular complexity index is 417. The van der Waals surface area contributed by atoms with E-state index in [-0.39, 0.29) is 17.6 Å². The molecule has 0 aliphatic heterocycles. The van der Waals surface area contributed by atoms with Crippen molar-refractivity contribution >= 4 is 11.9 Å². The third kappa shape index (κ3) is 4.14. The predicted molar refractivity (Wildman–Crippen MR) is 64.6 cm³/mol. The van der Waals surface area contributed by atoms with Gasteiger partial charge in [0.1, 0.15) is 5.69 Å². The van der Waals surface area contributed by atoms with E-state index in [2.05, 4.69) is 10.3 Å². The van der Waals surface area contributed by atoms with Gasteiger partial charge >= 0.3 is 5.97 Å². The number of carbonyl (C=O) groups excluding carboxylic acids is 1. The van der Waals surface area contributed by atoms with Crippen LogP contribution in [0.4, 0.5) is 0 Å². The first-order valence-corrected chi connectivity index (χ1v) is 5.53. The Morgan fingerprint density at radius 3 is 2.72 bits per heavy atom. The summed E-state index contributed by atoms with van der Waals surface area (Å²) in [6, 6.07) is 2.72. The van der Waals surface area contributed by atoms with Crippen LogP contribution < -0.4 is 5.32 Å². The smallest absolute Gasteiger partial charge is 0.354 e. The number of carbonyl (C=O) groups is 2. The minimum Gasteiger partial charge on any atom is -0.477 e. The highest BCUT2D eigenvalue weighted by molar-refractivity contribution is 5.95. The van der Waals surface area contributed by atoms with Gasteiger partial charge in [0, 0.05) is 26.0 Å². The lowest BCUT2D eigenvalue weighted by Gasteiger charge is -2.13. The maximum absolute atomic E-state index is 11.8. The molecule has 1 amide bonds. The van der Waals surface area contributed by atoms with Crippen LogP contribution in [0.5, 0.6) is 0 Å². The molecule has 0 fully saturated rings. The molecule has 6 heteroatoms. The number of carboxylic acid groups (broad SMARTS) is 1. The average Bonchev–Trinajstić information content (AvgIpc) is 2.36. The lowest BCUT2D eigenvalue weighted by Crippen LogP contribution is -2.33. The number of rotatable bonds is 6. The molecule has 98 valence electrons. The molecule has 0 spiro atoms. The number of nitrogens with zero attached hydrogens (tertiary/aromatic N) is 1. The van der Waals surface area contributed by atoms with E-state index in [1.165, 1.54) is 18.3 Å². The molecular weight excluding hydrogens is 236 g/mol. The topological polar surface area (TPSA) is 88.5 Å². The normalized spacial score (nSPS) is 11.9. The first-order chi connectivity index (χ1) is 8.54. The van der Waals surface area contributed by atoms with Crippen molar-refractivity contribution in [3.05, 3.63) is 29.6 Å². The molecule has 0 saturated heterocycles. The molecule has 18 heavy (non-hydrogen) atoms. The van der Waals surface area contributed by atoms with Crippen molar-refractivity contribution in [1.29, 1.82) is 0 Å². The summed E-state index contributed by atoms with van der Waals surface area (Å²) in [6.45, 7) is 2.44. The Labute approximate surface area is 105 Å². The van der Waals surface area contributed by atoms with Gasteiger partial charge in [-0.25, -0.2) is 9.78 Å². The summed E-state index contributed by atoms with van der Waals surface area (Å²) in [5, 5.41) is 11.5. The Morgan fingerprint density at radius 1 is 1.50 bits per heavy atom. The zero-order valence-electron chi connectivity index (χ0n) is 10.3. The van der Waals surface area contributed by atoms with Crippen LogP contribution >= 0.6 is 0 Å². The lowest BCUT2D eigenvalue weighted by atomic mass is 10.2. The minimum absolute atomic E-state index is 0.0170. The highest BCUT2D eigenvalue weighted by Crippen LogP contribution is 2.02. The number of amides is 1. The van der Waals surface area contributed by atoms with Crippen LogP contribution in [-0.4, -0.2) is 41.7 Å². The number of aromatic carboxylic acids is 1. The van der Waals surface area contributed by atoms with E-state index in [0.717, 1.165) is 0 Å². The van der Waals surface area contributed by atoms with E-state index >= 15 is 0 Å². The third-order valence-corrected chi connectivity index (χ3v) is 2.38. The number of carboxylic acids is 1.